The summed E-state index contributed by atoms with van der Waals surface area (Å²) >= 11 is 6.01. The molecule has 3 aromatic rings. The molecule has 0 bridgehead atoms. The fraction of sp³-hybridized carbons (Fsp3) is 0.500. The van der Waals surface area contributed by atoms with Gasteiger partial charge in [-0.1, -0.05) is 25.4 Å². The summed E-state index contributed by atoms with van der Waals surface area (Å²) < 4.78 is 15.3. The standard InChI is InChI=1S/C28H33ClFN5O3/c1-16(2)19-11-22(17-6-7-21(30)20(29)10-17)32-35-14-23(31-24(19)35)26(37)34-9-8-33(15-27(34,3)4)25(36)18-12-28(5,38)13-18/h6-7,10-11,14,16,18,38H,8-9,12-13,15H2,1-5H3. The summed E-state index contributed by atoms with van der Waals surface area (Å²) in [6.07, 6.45) is 2.58. The molecule has 2 amide bonds. The summed E-state index contributed by atoms with van der Waals surface area (Å²) in [6, 6.07) is 6.36. The van der Waals surface area contributed by atoms with E-state index in [1.165, 1.54) is 12.1 Å². The summed E-state index contributed by atoms with van der Waals surface area (Å²) in [6.45, 7) is 11.0. The normalized spacial score (nSPS) is 23.1. The van der Waals surface area contributed by atoms with Crippen molar-refractivity contribution in [3.8, 4) is 11.3 Å². The van der Waals surface area contributed by atoms with Gasteiger partial charge in [-0.05, 0) is 63.8 Å². The van der Waals surface area contributed by atoms with Crippen molar-refractivity contribution in [2.75, 3.05) is 19.6 Å². The van der Waals surface area contributed by atoms with Crippen LogP contribution in [0.15, 0.2) is 30.5 Å². The number of rotatable bonds is 4. The highest BCUT2D eigenvalue weighted by Crippen LogP contribution is 2.39. The van der Waals surface area contributed by atoms with Crippen LogP contribution >= 0.6 is 11.6 Å². The van der Waals surface area contributed by atoms with Gasteiger partial charge in [0.15, 0.2) is 5.65 Å². The second-order valence-electron chi connectivity index (χ2n) is 11.8. The number of amides is 2. The molecule has 0 unspecified atom stereocenters. The van der Waals surface area contributed by atoms with Gasteiger partial charge in [0.2, 0.25) is 5.91 Å². The number of aromatic nitrogens is 3. The third kappa shape index (κ3) is 4.78. The molecule has 38 heavy (non-hydrogen) atoms. The maximum atomic E-state index is 13.7. The maximum absolute atomic E-state index is 13.7. The van der Waals surface area contributed by atoms with Gasteiger partial charge < -0.3 is 14.9 Å². The summed E-state index contributed by atoms with van der Waals surface area (Å²) in [5, 5.41) is 14.7. The molecule has 2 aliphatic rings. The molecule has 1 N–H and O–H groups in total. The SMILES string of the molecule is CC(C)c1cc(-c2ccc(F)c(Cl)c2)nn2cc(C(=O)N3CCN(C(=O)C4CC(C)(O)C4)CC3(C)C)nc12. The second kappa shape index (κ2) is 9.31. The Morgan fingerprint density at radius 2 is 1.87 bits per heavy atom. The van der Waals surface area contributed by atoms with Gasteiger partial charge in [-0.3, -0.25) is 9.59 Å². The molecule has 2 aromatic heterocycles. The molecule has 1 saturated carbocycles. The van der Waals surface area contributed by atoms with Crippen LogP contribution in [-0.4, -0.2) is 72.1 Å². The lowest BCUT2D eigenvalue weighted by Gasteiger charge is -2.49. The zero-order chi connectivity index (χ0) is 27.6. The topological polar surface area (TPSA) is 91.0 Å². The Kier molecular flexibility index (Phi) is 6.51. The molecule has 1 aromatic carbocycles. The molecular weight excluding hydrogens is 509 g/mol. The van der Waals surface area contributed by atoms with Gasteiger partial charge in [0.1, 0.15) is 11.5 Å². The van der Waals surface area contributed by atoms with Crippen LogP contribution in [0.1, 0.15) is 69.4 Å². The van der Waals surface area contributed by atoms with E-state index in [0.29, 0.717) is 49.4 Å². The van der Waals surface area contributed by atoms with E-state index in [-0.39, 0.29) is 34.4 Å². The van der Waals surface area contributed by atoms with Gasteiger partial charge in [0.05, 0.1) is 28.1 Å². The zero-order valence-corrected chi connectivity index (χ0v) is 23.1. The Morgan fingerprint density at radius 3 is 2.47 bits per heavy atom. The first-order valence-electron chi connectivity index (χ1n) is 12.9. The largest absolute Gasteiger partial charge is 0.390 e. The molecule has 0 spiro atoms. The maximum Gasteiger partial charge on any atom is 0.274 e. The first kappa shape index (κ1) is 26.6. The van der Waals surface area contributed by atoms with Crippen molar-refractivity contribution < 1.29 is 19.1 Å². The minimum Gasteiger partial charge on any atom is -0.390 e. The van der Waals surface area contributed by atoms with Crippen LogP contribution in [0, 0.1) is 11.7 Å². The molecule has 1 aliphatic heterocycles. The Bertz CT molecular complexity index is 1430. The van der Waals surface area contributed by atoms with E-state index in [1.807, 2.05) is 38.7 Å². The van der Waals surface area contributed by atoms with E-state index in [4.69, 9.17) is 11.6 Å². The Morgan fingerprint density at radius 1 is 1.16 bits per heavy atom. The lowest BCUT2D eigenvalue weighted by atomic mass is 9.71. The van der Waals surface area contributed by atoms with Gasteiger partial charge in [0, 0.05) is 36.7 Å². The van der Waals surface area contributed by atoms with Gasteiger partial charge in [-0.25, -0.2) is 13.9 Å². The molecule has 8 nitrogen and oxygen atoms in total. The molecule has 10 heteroatoms. The monoisotopic (exact) mass is 541 g/mol. The number of nitrogens with zero attached hydrogens (tertiary/aromatic N) is 5. The molecule has 1 saturated heterocycles. The summed E-state index contributed by atoms with van der Waals surface area (Å²) in [5.74, 6) is -0.741. The molecule has 2 fully saturated rings. The highest BCUT2D eigenvalue weighted by Gasteiger charge is 2.46. The van der Waals surface area contributed by atoms with Crippen LogP contribution in [-0.2, 0) is 4.79 Å². The fourth-order valence-electron chi connectivity index (χ4n) is 5.62. The van der Waals surface area contributed by atoms with E-state index in [2.05, 4.69) is 10.1 Å². The highest BCUT2D eigenvalue weighted by molar-refractivity contribution is 6.31. The van der Waals surface area contributed by atoms with E-state index >= 15 is 0 Å². The summed E-state index contributed by atoms with van der Waals surface area (Å²) in [7, 11) is 0. The minimum absolute atomic E-state index is 0.0135. The average molecular weight is 542 g/mol. The number of hydrogen-bond donors (Lipinski definition) is 1. The van der Waals surface area contributed by atoms with E-state index < -0.39 is 17.0 Å². The van der Waals surface area contributed by atoms with Crippen molar-refractivity contribution >= 4 is 29.1 Å². The number of piperazine rings is 1. The number of fused-ring (bicyclic) bond motifs is 1. The van der Waals surface area contributed by atoms with Gasteiger partial charge >= 0.3 is 0 Å². The molecule has 5 rings (SSSR count). The molecular formula is C28H33ClFN5O3. The summed E-state index contributed by atoms with van der Waals surface area (Å²) in [5.41, 5.74) is 1.67. The van der Waals surface area contributed by atoms with E-state index in [9.17, 15) is 19.1 Å². The quantitative estimate of drug-likeness (QED) is 0.524. The van der Waals surface area contributed by atoms with Crippen molar-refractivity contribution in [3.63, 3.8) is 0 Å². The first-order chi connectivity index (χ1) is 17.8. The van der Waals surface area contributed by atoms with Crippen LogP contribution in [0.25, 0.3) is 16.9 Å². The molecule has 0 radical (unpaired) electrons. The van der Waals surface area contributed by atoms with E-state index in [1.54, 1.807) is 28.6 Å². The van der Waals surface area contributed by atoms with Crippen molar-refractivity contribution in [2.45, 2.75) is 64.5 Å². The van der Waals surface area contributed by atoms with Gasteiger partial charge in [0.25, 0.3) is 5.91 Å². The number of benzene rings is 1. The number of halogens is 2. The van der Waals surface area contributed by atoms with Crippen molar-refractivity contribution in [1.82, 2.24) is 24.4 Å². The lowest BCUT2D eigenvalue weighted by Crippen LogP contribution is -2.63. The summed E-state index contributed by atoms with van der Waals surface area (Å²) in [4.78, 5) is 34.9. The van der Waals surface area contributed by atoms with Crippen molar-refractivity contribution in [2.24, 2.45) is 5.92 Å². The van der Waals surface area contributed by atoms with Crippen LogP contribution < -0.4 is 0 Å². The third-order valence-electron chi connectivity index (χ3n) is 7.69. The average Bonchev–Trinajstić information content (AvgIpc) is 3.26. The smallest absolute Gasteiger partial charge is 0.274 e. The van der Waals surface area contributed by atoms with Crippen LogP contribution in [0.3, 0.4) is 0 Å². The van der Waals surface area contributed by atoms with Crippen LogP contribution in [0.5, 0.6) is 0 Å². The Balaban J connectivity index is 1.41. The Labute approximate surface area is 226 Å². The van der Waals surface area contributed by atoms with Gasteiger partial charge in [-0.15, -0.1) is 0 Å². The molecule has 202 valence electrons. The predicted molar refractivity (Wildman–Crippen MR) is 143 cm³/mol. The number of carbonyl (C=O) groups excluding carboxylic acids is 2. The van der Waals surface area contributed by atoms with Crippen LogP contribution in [0.4, 0.5) is 4.39 Å². The third-order valence-corrected chi connectivity index (χ3v) is 7.98. The van der Waals surface area contributed by atoms with Crippen LogP contribution in [0.2, 0.25) is 5.02 Å². The first-order valence-corrected chi connectivity index (χ1v) is 13.3. The molecule has 1 aliphatic carbocycles. The lowest BCUT2D eigenvalue weighted by molar-refractivity contribution is -0.153. The molecule has 3 heterocycles. The number of carbonyl (C=O) groups is 2. The van der Waals surface area contributed by atoms with E-state index in [0.717, 1.165) is 5.56 Å². The number of imidazole rings is 1. The number of aliphatic hydroxyl groups is 1. The molecule has 0 atom stereocenters. The minimum atomic E-state index is -0.761. The van der Waals surface area contributed by atoms with Gasteiger partial charge in [-0.2, -0.15) is 5.10 Å². The Hall–Kier alpha value is -3.04. The highest BCUT2D eigenvalue weighted by atomic mass is 35.5. The fourth-order valence-corrected chi connectivity index (χ4v) is 5.80. The number of hydrogen-bond acceptors (Lipinski definition) is 5. The van der Waals surface area contributed by atoms with Crippen molar-refractivity contribution in [1.29, 1.82) is 0 Å². The van der Waals surface area contributed by atoms with Crippen molar-refractivity contribution in [3.05, 3.63) is 52.6 Å². The zero-order valence-electron chi connectivity index (χ0n) is 22.3. The second-order valence-corrected chi connectivity index (χ2v) is 12.2. The predicted octanol–water partition coefficient (Wildman–Crippen LogP) is 4.54.